The summed E-state index contributed by atoms with van der Waals surface area (Å²) >= 11 is 0. The van der Waals surface area contributed by atoms with Crippen molar-refractivity contribution < 1.29 is 14.2 Å². The minimum absolute atomic E-state index is 0. The van der Waals surface area contributed by atoms with Crippen molar-refractivity contribution in [2.45, 2.75) is 13.0 Å². The number of rotatable bonds is 7. The first kappa shape index (κ1) is 24.2. The van der Waals surface area contributed by atoms with E-state index in [1.807, 2.05) is 18.2 Å². The molecule has 2 aromatic carbocycles. The molecule has 30 heavy (non-hydrogen) atoms. The maximum atomic E-state index is 6.18. The molecule has 0 bridgehead atoms. The highest BCUT2D eigenvalue weighted by molar-refractivity contribution is 14.0. The quantitative estimate of drug-likeness (QED) is 0.327. The van der Waals surface area contributed by atoms with Gasteiger partial charge in [0.15, 0.2) is 17.5 Å². The highest BCUT2D eigenvalue weighted by Gasteiger charge is 2.22. The number of morpholine rings is 1. The Morgan fingerprint density at radius 3 is 2.53 bits per heavy atom. The number of guanidine groups is 1. The summed E-state index contributed by atoms with van der Waals surface area (Å²) in [5.41, 5.74) is 9.45. The van der Waals surface area contributed by atoms with Gasteiger partial charge in [-0.25, -0.2) is 0 Å². The van der Waals surface area contributed by atoms with Crippen LogP contribution >= 0.6 is 24.0 Å². The molecule has 8 heteroatoms. The number of hydrogen-bond donors (Lipinski definition) is 2. The predicted octanol–water partition coefficient (Wildman–Crippen LogP) is 3.43. The van der Waals surface area contributed by atoms with Crippen molar-refractivity contribution in [3.8, 4) is 11.5 Å². The first-order valence-corrected chi connectivity index (χ1v) is 9.78. The molecule has 3 N–H and O–H groups in total. The third-order valence-corrected chi connectivity index (χ3v) is 5.00. The van der Waals surface area contributed by atoms with Gasteiger partial charge in [0.25, 0.3) is 0 Å². The van der Waals surface area contributed by atoms with Crippen LogP contribution in [0.4, 0.5) is 5.69 Å². The monoisotopic (exact) mass is 526 g/mol. The number of nitrogens with one attached hydrogen (secondary N) is 1. The van der Waals surface area contributed by atoms with E-state index in [-0.39, 0.29) is 30.0 Å². The number of anilines is 1. The molecule has 1 fully saturated rings. The van der Waals surface area contributed by atoms with Crippen LogP contribution in [-0.2, 0) is 4.74 Å². The summed E-state index contributed by atoms with van der Waals surface area (Å²) in [4.78, 5) is 7.04. The fraction of sp³-hybridized carbons (Fsp3) is 0.409. The average Bonchev–Trinajstić information content (AvgIpc) is 2.74. The number of nitrogens with two attached hydrogens (primary N) is 1. The summed E-state index contributed by atoms with van der Waals surface area (Å²) in [6, 6.07) is 14.3. The molecule has 7 nitrogen and oxygen atoms in total. The molecule has 1 aliphatic heterocycles. The number of methoxy groups -OCH3 is 2. The van der Waals surface area contributed by atoms with Crippen LogP contribution in [0, 0.1) is 6.92 Å². The standard InChI is InChI=1S/C22H30N4O3.HI/c1-16-5-4-6-17(13-16)19(26-9-11-29-12-10-26)15-24-22(23)25-18-7-8-20(27-2)21(14-18)28-3;/h4-8,13-14,19H,9-12,15H2,1-3H3,(H3,23,24,25);1H. The van der Waals surface area contributed by atoms with E-state index in [1.54, 1.807) is 14.2 Å². The Kier molecular flexibility index (Phi) is 9.67. The van der Waals surface area contributed by atoms with Gasteiger partial charge in [-0.05, 0) is 24.6 Å². The Hall–Kier alpha value is -2.04. The zero-order valence-corrected chi connectivity index (χ0v) is 20.1. The molecule has 0 radical (unpaired) electrons. The number of nitrogens with zero attached hydrogens (tertiary/aromatic N) is 2. The lowest BCUT2D eigenvalue weighted by molar-refractivity contribution is 0.0180. The molecule has 1 unspecified atom stereocenters. The van der Waals surface area contributed by atoms with E-state index in [4.69, 9.17) is 19.9 Å². The fourth-order valence-corrected chi connectivity index (χ4v) is 3.48. The van der Waals surface area contributed by atoms with Crippen LogP contribution in [0.3, 0.4) is 0 Å². The van der Waals surface area contributed by atoms with Crippen molar-refractivity contribution in [1.29, 1.82) is 0 Å². The first-order chi connectivity index (χ1) is 14.1. The largest absolute Gasteiger partial charge is 0.493 e. The van der Waals surface area contributed by atoms with Crippen molar-refractivity contribution in [1.82, 2.24) is 4.90 Å². The highest BCUT2D eigenvalue weighted by Crippen LogP contribution is 2.29. The van der Waals surface area contributed by atoms with Crippen LogP contribution < -0.4 is 20.5 Å². The zero-order chi connectivity index (χ0) is 20.6. The lowest BCUT2D eigenvalue weighted by atomic mass is 10.0. The smallest absolute Gasteiger partial charge is 0.193 e. The summed E-state index contributed by atoms with van der Waals surface area (Å²) in [5.74, 6) is 1.67. The Labute approximate surface area is 195 Å². The van der Waals surface area contributed by atoms with E-state index in [2.05, 4.69) is 46.4 Å². The lowest BCUT2D eigenvalue weighted by Gasteiger charge is -2.34. The molecular weight excluding hydrogens is 495 g/mol. The highest BCUT2D eigenvalue weighted by atomic mass is 127. The summed E-state index contributed by atoms with van der Waals surface area (Å²) in [7, 11) is 3.21. The number of halogens is 1. The number of hydrogen-bond acceptors (Lipinski definition) is 5. The van der Waals surface area contributed by atoms with Crippen LogP contribution in [0.2, 0.25) is 0 Å². The molecule has 164 valence electrons. The number of aliphatic imine (C=N–C) groups is 1. The molecule has 0 aliphatic carbocycles. The van der Waals surface area contributed by atoms with E-state index in [0.717, 1.165) is 32.0 Å². The number of benzene rings is 2. The van der Waals surface area contributed by atoms with Gasteiger partial charge in [0.1, 0.15) is 0 Å². The van der Waals surface area contributed by atoms with E-state index >= 15 is 0 Å². The molecule has 1 atom stereocenters. The molecule has 1 heterocycles. The fourth-order valence-electron chi connectivity index (χ4n) is 3.48. The predicted molar refractivity (Wildman–Crippen MR) is 131 cm³/mol. The van der Waals surface area contributed by atoms with Gasteiger partial charge in [-0.2, -0.15) is 0 Å². The molecule has 2 aromatic rings. The first-order valence-electron chi connectivity index (χ1n) is 9.78. The van der Waals surface area contributed by atoms with Crippen LogP contribution in [0.5, 0.6) is 11.5 Å². The lowest BCUT2D eigenvalue weighted by Crippen LogP contribution is -2.40. The van der Waals surface area contributed by atoms with Crippen molar-refractivity contribution in [3.63, 3.8) is 0 Å². The van der Waals surface area contributed by atoms with Crippen LogP contribution in [0.25, 0.3) is 0 Å². The number of ether oxygens (including phenoxy) is 3. The summed E-state index contributed by atoms with van der Waals surface area (Å²) < 4.78 is 16.1. The van der Waals surface area contributed by atoms with Crippen molar-refractivity contribution >= 4 is 35.6 Å². The van der Waals surface area contributed by atoms with Crippen LogP contribution in [-0.4, -0.2) is 57.9 Å². The summed E-state index contributed by atoms with van der Waals surface area (Å²) in [6.45, 7) is 5.93. The van der Waals surface area contributed by atoms with Crippen molar-refractivity contribution in [2.24, 2.45) is 10.7 Å². The minimum Gasteiger partial charge on any atom is -0.493 e. The second-order valence-electron chi connectivity index (χ2n) is 7.00. The second kappa shape index (κ2) is 12.0. The molecule has 1 saturated heterocycles. The normalized spacial score (nSPS) is 15.8. The van der Waals surface area contributed by atoms with Gasteiger partial charge in [0.2, 0.25) is 0 Å². The molecule has 0 amide bonds. The van der Waals surface area contributed by atoms with Gasteiger partial charge in [0.05, 0.1) is 40.0 Å². The maximum Gasteiger partial charge on any atom is 0.193 e. The van der Waals surface area contributed by atoms with E-state index < -0.39 is 0 Å². The molecule has 0 spiro atoms. The topological polar surface area (TPSA) is 81.3 Å². The van der Waals surface area contributed by atoms with Gasteiger partial charge < -0.3 is 25.3 Å². The van der Waals surface area contributed by atoms with Gasteiger partial charge in [-0.15, -0.1) is 24.0 Å². The Morgan fingerprint density at radius 1 is 1.13 bits per heavy atom. The van der Waals surface area contributed by atoms with Gasteiger partial charge in [0, 0.05) is 24.8 Å². The molecule has 0 saturated carbocycles. The van der Waals surface area contributed by atoms with Gasteiger partial charge in [-0.3, -0.25) is 9.89 Å². The van der Waals surface area contributed by atoms with Gasteiger partial charge >= 0.3 is 0 Å². The van der Waals surface area contributed by atoms with Crippen molar-refractivity contribution in [3.05, 3.63) is 53.6 Å². The Morgan fingerprint density at radius 2 is 1.87 bits per heavy atom. The second-order valence-corrected chi connectivity index (χ2v) is 7.00. The van der Waals surface area contributed by atoms with Crippen molar-refractivity contribution in [2.75, 3.05) is 52.4 Å². The maximum absolute atomic E-state index is 6.18. The summed E-state index contributed by atoms with van der Waals surface area (Å²) in [5, 5.41) is 3.14. The SMILES string of the molecule is COc1ccc(NC(N)=NCC(c2cccc(C)c2)N2CCOCC2)cc1OC.I. The zero-order valence-electron chi connectivity index (χ0n) is 17.8. The number of aryl methyl sites for hydroxylation is 1. The molecule has 0 aromatic heterocycles. The van der Waals surface area contributed by atoms with Crippen LogP contribution in [0.1, 0.15) is 17.2 Å². The average molecular weight is 526 g/mol. The third kappa shape index (κ3) is 6.48. The third-order valence-electron chi connectivity index (χ3n) is 5.00. The van der Waals surface area contributed by atoms with E-state index in [9.17, 15) is 0 Å². The molecule has 3 rings (SSSR count). The Balaban J connectivity index is 0.00000320. The van der Waals surface area contributed by atoms with Crippen LogP contribution in [0.15, 0.2) is 47.5 Å². The summed E-state index contributed by atoms with van der Waals surface area (Å²) in [6.07, 6.45) is 0. The van der Waals surface area contributed by atoms with E-state index in [1.165, 1.54) is 11.1 Å². The minimum atomic E-state index is 0. The van der Waals surface area contributed by atoms with E-state index in [0.29, 0.717) is 24.0 Å². The molecule has 1 aliphatic rings. The Bertz CT molecular complexity index is 841. The van der Waals surface area contributed by atoms with Gasteiger partial charge in [-0.1, -0.05) is 29.8 Å². The molecular formula is C22H31IN4O3.